The molecule has 1 fully saturated rings. The molecule has 1 saturated heterocycles. The van der Waals surface area contributed by atoms with Crippen molar-refractivity contribution in [3.05, 3.63) is 34.3 Å². The van der Waals surface area contributed by atoms with Crippen molar-refractivity contribution in [2.45, 2.75) is 19.3 Å². The van der Waals surface area contributed by atoms with Crippen LogP contribution in [0.1, 0.15) is 29.6 Å². The summed E-state index contributed by atoms with van der Waals surface area (Å²) in [6.45, 7) is 3.00. The predicted molar refractivity (Wildman–Crippen MR) is 83.9 cm³/mol. The third-order valence-electron chi connectivity index (χ3n) is 3.34. The first-order chi connectivity index (χ1) is 8.75. The molecule has 0 saturated carbocycles. The molecule has 1 amide bonds. The normalized spacial score (nSPS) is 18.5. The van der Waals surface area contributed by atoms with Crippen molar-refractivity contribution in [3.63, 3.8) is 0 Å². The number of carbonyl (C=O) groups is 1. The molecule has 1 heterocycles. The Morgan fingerprint density at radius 3 is 2.74 bits per heavy atom. The second-order valence-corrected chi connectivity index (χ2v) is 5.68. The van der Waals surface area contributed by atoms with Crippen molar-refractivity contribution in [2.75, 3.05) is 19.6 Å². The van der Waals surface area contributed by atoms with Gasteiger partial charge < -0.3 is 10.6 Å². The zero-order valence-corrected chi connectivity index (χ0v) is 13.2. The molecule has 19 heavy (non-hydrogen) atoms. The molecule has 3 nitrogen and oxygen atoms in total. The first-order valence-electron chi connectivity index (χ1n) is 6.50. The number of carbonyl (C=O) groups excluding carboxylic acids is 1. The Labute approximate surface area is 129 Å². The van der Waals surface area contributed by atoms with Crippen molar-refractivity contribution in [1.82, 2.24) is 10.6 Å². The summed E-state index contributed by atoms with van der Waals surface area (Å²) in [6.07, 6.45) is 3.60. The second kappa shape index (κ2) is 8.56. The Morgan fingerprint density at radius 1 is 1.37 bits per heavy atom. The van der Waals surface area contributed by atoms with Gasteiger partial charge in [0.1, 0.15) is 0 Å². The van der Waals surface area contributed by atoms with Gasteiger partial charge in [-0.3, -0.25) is 4.79 Å². The molecule has 1 aromatic carbocycles. The monoisotopic (exact) mass is 346 g/mol. The van der Waals surface area contributed by atoms with E-state index in [1.807, 2.05) is 24.3 Å². The Bertz CT molecular complexity index is 391. The lowest BCUT2D eigenvalue weighted by atomic mass is 9.96. The number of piperidine rings is 1. The van der Waals surface area contributed by atoms with Crippen LogP contribution in [0.25, 0.3) is 0 Å². The van der Waals surface area contributed by atoms with Crippen LogP contribution < -0.4 is 10.6 Å². The summed E-state index contributed by atoms with van der Waals surface area (Å²) < 4.78 is 0.993. The number of amides is 1. The molecule has 2 N–H and O–H groups in total. The summed E-state index contributed by atoms with van der Waals surface area (Å²) in [4.78, 5) is 11.9. The molecule has 0 aromatic heterocycles. The van der Waals surface area contributed by atoms with Crippen LogP contribution in [-0.4, -0.2) is 25.5 Å². The van der Waals surface area contributed by atoms with Gasteiger partial charge in [0.05, 0.1) is 0 Å². The van der Waals surface area contributed by atoms with E-state index in [9.17, 15) is 4.79 Å². The van der Waals surface area contributed by atoms with Crippen LogP contribution >= 0.6 is 28.3 Å². The number of hydrogen-bond donors (Lipinski definition) is 2. The van der Waals surface area contributed by atoms with Gasteiger partial charge in [-0.05, 0) is 62.5 Å². The van der Waals surface area contributed by atoms with Gasteiger partial charge in [-0.25, -0.2) is 0 Å². The SMILES string of the molecule is Cl.O=C(NCCC1CCCNC1)c1ccc(Br)cc1. The van der Waals surface area contributed by atoms with Crippen LogP contribution in [0.15, 0.2) is 28.7 Å². The third-order valence-corrected chi connectivity index (χ3v) is 3.87. The van der Waals surface area contributed by atoms with E-state index in [4.69, 9.17) is 0 Å². The molecule has 106 valence electrons. The molecule has 1 unspecified atom stereocenters. The molecule has 5 heteroatoms. The molecule has 0 aliphatic carbocycles. The second-order valence-electron chi connectivity index (χ2n) is 4.76. The van der Waals surface area contributed by atoms with Crippen molar-refractivity contribution in [1.29, 1.82) is 0 Å². The van der Waals surface area contributed by atoms with E-state index in [0.717, 1.165) is 36.1 Å². The summed E-state index contributed by atoms with van der Waals surface area (Å²) >= 11 is 3.36. The Hall–Kier alpha value is -0.580. The lowest BCUT2D eigenvalue weighted by Gasteiger charge is -2.22. The summed E-state index contributed by atoms with van der Waals surface area (Å²) in [5, 5.41) is 6.38. The first kappa shape index (κ1) is 16.5. The zero-order chi connectivity index (χ0) is 12.8. The number of hydrogen-bond acceptors (Lipinski definition) is 2. The highest BCUT2D eigenvalue weighted by Gasteiger charge is 2.13. The van der Waals surface area contributed by atoms with Gasteiger partial charge >= 0.3 is 0 Å². The van der Waals surface area contributed by atoms with Gasteiger partial charge in [0, 0.05) is 16.6 Å². The molecule has 1 aromatic rings. The first-order valence-corrected chi connectivity index (χ1v) is 7.29. The average molecular weight is 348 g/mol. The fourth-order valence-corrected chi connectivity index (χ4v) is 2.53. The van der Waals surface area contributed by atoms with Crippen LogP contribution in [0.3, 0.4) is 0 Å². The maximum atomic E-state index is 11.9. The summed E-state index contributed by atoms with van der Waals surface area (Å²) in [5.74, 6) is 0.732. The minimum absolute atomic E-state index is 0. The summed E-state index contributed by atoms with van der Waals surface area (Å²) in [5.41, 5.74) is 0.722. The lowest BCUT2D eigenvalue weighted by Crippen LogP contribution is -2.33. The van der Waals surface area contributed by atoms with Gasteiger partial charge in [-0.2, -0.15) is 0 Å². The Morgan fingerprint density at radius 2 is 2.11 bits per heavy atom. The zero-order valence-electron chi connectivity index (χ0n) is 10.8. The number of rotatable bonds is 4. The van der Waals surface area contributed by atoms with E-state index >= 15 is 0 Å². The summed E-state index contributed by atoms with van der Waals surface area (Å²) in [6, 6.07) is 7.45. The number of halogens is 2. The molecule has 2 rings (SSSR count). The molecule has 1 aliphatic heterocycles. The molecule has 1 aliphatic rings. The molecular formula is C14H20BrClN2O. The highest BCUT2D eigenvalue weighted by Crippen LogP contribution is 2.13. The van der Waals surface area contributed by atoms with Crippen LogP contribution in [0.5, 0.6) is 0 Å². The van der Waals surface area contributed by atoms with E-state index in [2.05, 4.69) is 26.6 Å². The smallest absolute Gasteiger partial charge is 0.251 e. The number of nitrogens with one attached hydrogen (secondary N) is 2. The number of benzene rings is 1. The minimum atomic E-state index is 0. The predicted octanol–water partition coefficient (Wildman–Crippen LogP) is 2.99. The van der Waals surface area contributed by atoms with E-state index < -0.39 is 0 Å². The third kappa shape index (κ3) is 5.51. The quantitative estimate of drug-likeness (QED) is 0.879. The Balaban J connectivity index is 0.00000180. The van der Waals surface area contributed by atoms with E-state index in [1.54, 1.807) is 0 Å². The van der Waals surface area contributed by atoms with E-state index in [1.165, 1.54) is 12.8 Å². The average Bonchev–Trinajstić information content (AvgIpc) is 2.40. The van der Waals surface area contributed by atoms with Crippen LogP contribution in [0.2, 0.25) is 0 Å². The van der Waals surface area contributed by atoms with Crippen molar-refractivity contribution in [2.24, 2.45) is 5.92 Å². The molecule has 0 spiro atoms. The minimum Gasteiger partial charge on any atom is -0.352 e. The molecule has 0 bridgehead atoms. The maximum Gasteiger partial charge on any atom is 0.251 e. The van der Waals surface area contributed by atoms with Gasteiger partial charge in [-0.15, -0.1) is 12.4 Å². The highest BCUT2D eigenvalue weighted by molar-refractivity contribution is 9.10. The van der Waals surface area contributed by atoms with E-state index in [-0.39, 0.29) is 18.3 Å². The van der Waals surface area contributed by atoms with Crippen LogP contribution in [0, 0.1) is 5.92 Å². The molecule has 0 radical (unpaired) electrons. The lowest BCUT2D eigenvalue weighted by molar-refractivity contribution is 0.0950. The van der Waals surface area contributed by atoms with Gasteiger partial charge in [0.25, 0.3) is 5.91 Å². The fourth-order valence-electron chi connectivity index (χ4n) is 2.26. The van der Waals surface area contributed by atoms with Gasteiger partial charge in [0.2, 0.25) is 0 Å². The van der Waals surface area contributed by atoms with Crippen LogP contribution in [0.4, 0.5) is 0 Å². The maximum absolute atomic E-state index is 11.9. The highest BCUT2D eigenvalue weighted by atomic mass is 79.9. The largest absolute Gasteiger partial charge is 0.352 e. The molecular weight excluding hydrogens is 328 g/mol. The standard InChI is InChI=1S/C14H19BrN2O.ClH/c15-13-5-3-12(4-6-13)14(18)17-9-7-11-2-1-8-16-10-11;/h3-6,11,16H,1-2,7-10H2,(H,17,18);1H. The Kier molecular flexibility index (Phi) is 7.42. The summed E-state index contributed by atoms with van der Waals surface area (Å²) in [7, 11) is 0. The van der Waals surface area contributed by atoms with Crippen LogP contribution in [-0.2, 0) is 0 Å². The van der Waals surface area contributed by atoms with Crippen molar-refractivity contribution in [3.8, 4) is 0 Å². The molecule has 1 atom stereocenters. The van der Waals surface area contributed by atoms with Gasteiger partial charge in [0.15, 0.2) is 0 Å². The van der Waals surface area contributed by atoms with Crippen molar-refractivity contribution < 1.29 is 4.79 Å². The van der Waals surface area contributed by atoms with E-state index in [0.29, 0.717) is 5.92 Å². The fraction of sp³-hybridized carbons (Fsp3) is 0.500. The van der Waals surface area contributed by atoms with Gasteiger partial charge in [-0.1, -0.05) is 15.9 Å². The topological polar surface area (TPSA) is 41.1 Å². The van der Waals surface area contributed by atoms with Crippen molar-refractivity contribution >= 4 is 34.2 Å².